The fraction of sp³-hybridized carbons (Fsp3) is 1.00. The van der Waals surface area contributed by atoms with Gasteiger partial charge in [0, 0.05) is 0 Å². The molecule has 0 aliphatic heterocycles. The van der Waals surface area contributed by atoms with Crippen LogP contribution in [0.3, 0.4) is 0 Å². The molecule has 2 aliphatic rings. The molecule has 2 fully saturated rings. The molecular formula is C97H206. The molecule has 2 saturated carbocycles. The van der Waals surface area contributed by atoms with Crippen molar-refractivity contribution in [3.05, 3.63) is 0 Å². The third-order valence-electron chi connectivity index (χ3n) is 26.1. The van der Waals surface area contributed by atoms with Crippen LogP contribution >= 0.6 is 0 Å². The van der Waals surface area contributed by atoms with Gasteiger partial charge in [-0.05, 0) is 194 Å². The van der Waals surface area contributed by atoms with E-state index in [1.165, 1.54) is 51.4 Å². The van der Waals surface area contributed by atoms with Gasteiger partial charge in [-0.15, -0.1) is 0 Å². The average molecular weight is 1370 g/mol. The highest BCUT2D eigenvalue weighted by Crippen LogP contribution is 2.61. The zero-order chi connectivity index (χ0) is 80.9. The zero-order valence-electron chi connectivity index (χ0n) is 80.9. The summed E-state index contributed by atoms with van der Waals surface area (Å²) in [4.78, 5) is 0. The van der Waals surface area contributed by atoms with E-state index in [1.807, 2.05) is 0 Å². The number of hydrogen-bond donors (Lipinski definition) is 0. The van der Waals surface area contributed by atoms with Crippen LogP contribution in [-0.4, -0.2) is 0 Å². The average Bonchev–Trinajstić information content (AvgIpc) is 0.931. The predicted octanol–water partition coefficient (Wildman–Crippen LogP) is 35.1. The second kappa shape index (κ2) is 37.5. The molecule has 0 N–H and O–H groups in total. The lowest BCUT2D eigenvalue weighted by atomic mass is 9.45. The molecule has 0 heteroatoms. The number of rotatable bonds is 9. The fourth-order valence-electron chi connectivity index (χ4n) is 22.8. The Morgan fingerprint density at radius 2 is 0.515 bits per heavy atom. The van der Waals surface area contributed by atoms with E-state index in [-0.39, 0.29) is 0 Å². The SMILES string of the molecule is CC(C(C)(C)C)C(C)(C)C.CC(C)(C)C(C)(C)C(C)(C)C.CC(C)(C)C(C1CC1)C(C)(C)C.CC(C)(C)C(CC1CC1)C(C)(C)C.CC(C)C(C(C)(C)C)C(C)(C)C.CC(C)C(C(C)C)(C(C)(C)C)C(C)(C)C.CCC(C(C)(C)C)C(C)(C)C.CCC(CC)(C(C)(C)C)C(C)(C)C. The summed E-state index contributed by atoms with van der Waals surface area (Å²) in [5, 5.41) is 0. The highest BCUT2D eigenvalue weighted by atomic mass is 14.6. The zero-order valence-corrected chi connectivity index (χ0v) is 80.9. The van der Waals surface area contributed by atoms with Gasteiger partial charge in [0.05, 0.1) is 0 Å². The largest absolute Gasteiger partial charge is 0.0651 e. The molecule has 0 saturated heterocycles. The van der Waals surface area contributed by atoms with E-state index in [2.05, 4.69) is 415 Å². The van der Waals surface area contributed by atoms with Gasteiger partial charge in [0.15, 0.2) is 0 Å². The molecule has 0 bridgehead atoms. The van der Waals surface area contributed by atoms with Crippen LogP contribution in [0.4, 0.5) is 0 Å². The Morgan fingerprint density at radius 1 is 0.268 bits per heavy atom. The first-order valence-electron chi connectivity index (χ1n) is 41.4. The maximum Gasteiger partial charge on any atom is -0.0154 e. The molecule has 0 amide bonds. The fourth-order valence-corrected chi connectivity index (χ4v) is 22.8. The minimum absolute atomic E-state index is 0.341. The van der Waals surface area contributed by atoms with Crippen LogP contribution < -0.4 is 0 Å². The number of hydrogen-bond acceptors (Lipinski definition) is 0. The van der Waals surface area contributed by atoms with E-state index in [1.54, 1.807) is 0 Å². The van der Waals surface area contributed by atoms with Gasteiger partial charge in [-0.25, -0.2) is 0 Å². The van der Waals surface area contributed by atoms with E-state index in [9.17, 15) is 0 Å². The van der Waals surface area contributed by atoms with Gasteiger partial charge in [-0.2, -0.15) is 0 Å². The van der Waals surface area contributed by atoms with Gasteiger partial charge < -0.3 is 0 Å². The van der Waals surface area contributed by atoms with Crippen molar-refractivity contribution in [3.8, 4) is 0 Å². The molecule has 0 atom stereocenters. The van der Waals surface area contributed by atoms with Gasteiger partial charge in [0.1, 0.15) is 0 Å². The van der Waals surface area contributed by atoms with Gasteiger partial charge in [0.2, 0.25) is 0 Å². The van der Waals surface area contributed by atoms with Crippen molar-refractivity contribution >= 4 is 0 Å². The van der Waals surface area contributed by atoms with Crippen molar-refractivity contribution < 1.29 is 0 Å². The third-order valence-corrected chi connectivity index (χ3v) is 26.1. The first kappa shape index (κ1) is 108. The lowest BCUT2D eigenvalue weighted by Gasteiger charge is -2.59. The minimum Gasteiger partial charge on any atom is -0.0651 e. The molecule has 2 aliphatic carbocycles. The van der Waals surface area contributed by atoms with Gasteiger partial charge in [-0.3, -0.25) is 0 Å². The standard InChI is InChI=1S/C15H32.C13H26.C13H28.C12H24.C12H26.2C11H24.C10H22/c1-11(2)15(12(3)4,13(5,6)7)14(8,9)10;1-12(2,3)11(13(4,5)6)9-10-7-8-10;1-9-13(10-2,11(3,4)5)12(6,7)8;1-11(2,3)10(9-7-8-9)12(4,5)6;1-9(2)10(11(3,4)5)12(6,7)8;1-9(2,3)11(7,8)10(4,5)6;1-8-9(10(2,3)4)11(5,6)7;1-8(9(2,3)4)10(5,6)7/h11-12H,1-10H3;10-11H,7-9H2,1-6H3;9-10H2,1-8H3;9-10H,7-8H2,1-6H3;9-10H,1-8H3;1-8H3;9H,8H2,1-7H3;8H,1-7H3. The second-order valence-electron chi connectivity index (χ2n) is 51.2. The molecule has 594 valence electrons. The van der Waals surface area contributed by atoms with Gasteiger partial charge >= 0.3 is 0 Å². The first-order chi connectivity index (χ1) is 41.4. The molecule has 0 aromatic heterocycles. The summed E-state index contributed by atoms with van der Waals surface area (Å²) in [6.45, 7) is 142. The Bertz CT molecular complexity index is 1870. The monoisotopic (exact) mass is 1370 g/mol. The van der Waals surface area contributed by atoms with Crippen molar-refractivity contribution in [3.63, 3.8) is 0 Å². The Labute approximate surface area is 625 Å². The summed E-state index contributed by atoms with van der Waals surface area (Å²) < 4.78 is 0. The summed E-state index contributed by atoms with van der Waals surface area (Å²) in [5.74, 6) is 8.38. The molecule has 97 heavy (non-hydrogen) atoms. The molecule has 0 aromatic carbocycles. The van der Waals surface area contributed by atoms with E-state index < -0.39 is 0 Å². The third kappa shape index (κ3) is 36.7. The van der Waals surface area contributed by atoms with Crippen molar-refractivity contribution in [2.75, 3.05) is 0 Å². The Hall–Kier alpha value is 0. The normalized spacial score (nSPS) is 16.1. The summed E-state index contributed by atoms with van der Waals surface area (Å²) in [6.07, 6.45) is 11.2. The van der Waals surface area contributed by atoms with Crippen LogP contribution in [0.5, 0.6) is 0 Å². The maximum absolute atomic E-state index is 2.40. The molecule has 0 unspecified atom stereocenters. The maximum atomic E-state index is 2.40. The van der Waals surface area contributed by atoms with Crippen molar-refractivity contribution in [1.82, 2.24) is 0 Å². The Balaban J connectivity index is -0.000000245. The first-order valence-corrected chi connectivity index (χ1v) is 41.4. The van der Waals surface area contributed by atoms with Crippen LogP contribution in [0.2, 0.25) is 0 Å². The van der Waals surface area contributed by atoms with E-state index in [0.29, 0.717) is 115 Å². The van der Waals surface area contributed by atoms with Crippen molar-refractivity contribution in [2.24, 2.45) is 162 Å². The lowest BCUT2D eigenvalue weighted by Crippen LogP contribution is -2.53. The Morgan fingerprint density at radius 3 is 0.557 bits per heavy atom. The molecule has 0 radical (unpaired) electrons. The van der Waals surface area contributed by atoms with E-state index >= 15 is 0 Å². The molecule has 2 rings (SSSR count). The highest BCUT2D eigenvalue weighted by molar-refractivity contribution is 5.03. The lowest BCUT2D eigenvalue weighted by molar-refractivity contribution is -0.113. The van der Waals surface area contributed by atoms with Gasteiger partial charge in [-0.1, -0.05) is 435 Å². The topological polar surface area (TPSA) is 0 Å². The summed E-state index contributed by atoms with van der Waals surface area (Å²) >= 11 is 0. The summed E-state index contributed by atoms with van der Waals surface area (Å²) in [6, 6.07) is 0. The smallest absolute Gasteiger partial charge is 0.0154 e. The minimum atomic E-state index is 0.341. The van der Waals surface area contributed by atoms with Crippen LogP contribution in [0.15, 0.2) is 0 Å². The van der Waals surface area contributed by atoms with Gasteiger partial charge in [0.25, 0.3) is 0 Å². The van der Waals surface area contributed by atoms with Crippen LogP contribution in [0.25, 0.3) is 0 Å². The molecule has 0 heterocycles. The highest BCUT2D eigenvalue weighted by Gasteiger charge is 2.54. The summed E-state index contributed by atoms with van der Waals surface area (Å²) in [5.41, 5.74) is 8.00. The molecule has 0 aromatic rings. The van der Waals surface area contributed by atoms with E-state index in [0.717, 1.165) is 47.3 Å². The summed E-state index contributed by atoms with van der Waals surface area (Å²) in [7, 11) is 0. The quantitative estimate of drug-likeness (QED) is 0.216. The Kier molecular flexibility index (Phi) is 41.7. The van der Waals surface area contributed by atoms with Crippen LogP contribution in [0.1, 0.15) is 467 Å². The molecular weight excluding hydrogens is 1170 g/mol. The molecule has 0 nitrogen and oxygen atoms in total. The van der Waals surface area contributed by atoms with Crippen LogP contribution in [-0.2, 0) is 0 Å². The molecule has 0 spiro atoms. The predicted molar refractivity (Wildman–Crippen MR) is 459 cm³/mol. The second-order valence-corrected chi connectivity index (χ2v) is 51.2. The van der Waals surface area contributed by atoms with Crippen molar-refractivity contribution in [1.29, 1.82) is 0 Å². The van der Waals surface area contributed by atoms with Crippen LogP contribution in [0, 0.1) is 162 Å². The van der Waals surface area contributed by atoms with Crippen molar-refractivity contribution in [2.45, 2.75) is 467 Å². The van der Waals surface area contributed by atoms with E-state index in [4.69, 9.17) is 0 Å².